The molecule has 2 N–H and O–H groups in total. The fourth-order valence-corrected chi connectivity index (χ4v) is 2.61. The van der Waals surface area contributed by atoms with Crippen LogP contribution >= 0.6 is 0 Å². The molecule has 1 aliphatic rings. The van der Waals surface area contributed by atoms with E-state index in [1.165, 1.54) is 25.1 Å². The first-order chi connectivity index (χ1) is 9.27. The van der Waals surface area contributed by atoms with Crippen molar-refractivity contribution in [3.05, 3.63) is 35.4 Å². The Labute approximate surface area is 114 Å². The molecular weight excluding hydrogens is 273 g/mol. The number of amides is 1. The first-order valence-corrected chi connectivity index (χ1v) is 6.15. The van der Waals surface area contributed by atoms with E-state index in [4.69, 9.17) is 0 Å². The van der Waals surface area contributed by atoms with Crippen molar-refractivity contribution in [1.82, 2.24) is 10.2 Å². The summed E-state index contributed by atoms with van der Waals surface area (Å²) in [6.07, 6.45) is -5.73. The number of piperazine rings is 1. The van der Waals surface area contributed by atoms with E-state index in [1.54, 1.807) is 0 Å². The summed E-state index contributed by atoms with van der Waals surface area (Å²) in [7, 11) is 0. The Bertz CT molecular complexity index is 519. The number of hydrogen-bond acceptors (Lipinski definition) is 2. The summed E-state index contributed by atoms with van der Waals surface area (Å²) in [6, 6.07) is 5.11. The Hall–Kier alpha value is -1.76. The quantitative estimate of drug-likeness (QED) is 0.835. The molecule has 0 spiro atoms. The summed E-state index contributed by atoms with van der Waals surface area (Å²) < 4.78 is 39.3. The molecule has 1 saturated heterocycles. The third-order valence-corrected chi connectivity index (χ3v) is 3.62. The molecule has 1 heterocycles. The molecule has 7 heteroatoms. The molecule has 0 aliphatic carbocycles. The number of carboxylic acid groups (broad SMARTS) is 1. The van der Waals surface area contributed by atoms with Gasteiger partial charge in [0.2, 0.25) is 0 Å². The Balaban J connectivity index is 2.56. The molecule has 110 valence electrons. The molecule has 1 aromatic rings. The first kappa shape index (κ1) is 14.6. The molecule has 2 rings (SSSR count). The largest absolute Gasteiger partial charge is 0.465 e. The van der Waals surface area contributed by atoms with Crippen LogP contribution in [0.15, 0.2) is 24.3 Å². The predicted molar refractivity (Wildman–Crippen MR) is 66.4 cm³/mol. The van der Waals surface area contributed by atoms with Gasteiger partial charge in [0.25, 0.3) is 0 Å². The van der Waals surface area contributed by atoms with Crippen LogP contribution in [-0.2, 0) is 11.7 Å². The smallest absolute Gasteiger partial charge is 0.416 e. The molecular formula is C13H15F3N2O2. The van der Waals surface area contributed by atoms with Crippen LogP contribution in [0.2, 0.25) is 0 Å². The van der Waals surface area contributed by atoms with Crippen molar-refractivity contribution in [3.63, 3.8) is 0 Å². The van der Waals surface area contributed by atoms with Crippen LogP contribution in [0.25, 0.3) is 0 Å². The molecule has 1 atom stereocenters. The van der Waals surface area contributed by atoms with E-state index in [9.17, 15) is 23.1 Å². The van der Waals surface area contributed by atoms with Crippen LogP contribution in [0.5, 0.6) is 0 Å². The normalized spacial score (nSPS) is 23.7. The minimum Gasteiger partial charge on any atom is -0.465 e. The number of alkyl halides is 3. The Morgan fingerprint density at radius 2 is 2.05 bits per heavy atom. The average molecular weight is 288 g/mol. The zero-order valence-corrected chi connectivity index (χ0v) is 10.9. The maximum atomic E-state index is 13.1. The maximum Gasteiger partial charge on any atom is 0.416 e. The second kappa shape index (κ2) is 4.97. The zero-order valence-electron chi connectivity index (χ0n) is 10.9. The number of nitrogens with one attached hydrogen (secondary N) is 1. The highest BCUT2D eigenvalue weighted by atomic mass is 19.4. The van der Waals surface area contributed by atoms with Crippen molar-refractivity contribution < 1.29 is 23.1 Å². The van der Waals surface area contributed by atoms with Crippen LogP contribution in [0, 0.1) is 0 Å². The van der Waals surface area contributed by atoms with Crippen LogP contribution in [-0.4, -0.2) is 35.7 Å². The SMILES string of the molecule is CC1(c2ccccc2C(F)(F)F)CNCCN1C(=O)O. The van der Waals surface area contributed by atoms with Gasteiger partial charge in [-0.1, -0.05) is 18.2 Å². The highest BCUT2D eigenvalue weighted by Crippen LogP contribution is 2.39. The van der Waals surface area contributed by atoms with Gasteiger partial charge in [-0.3, -0.25) is 4.90 Å². The third kappa shape index (κ3) is 2.45. The van der Waals surface area contributed by atoms with Gasteiger partial charge in [-0.05, 0) is 18.6 Å². The minimum absolute atomic E-state index is 0.0258. The van der Waals surface area contributed by atoms with Crippen LogP contribution in [0.3, 0.4) is 0 Å². The number of carbonyl (C=O) groups is 1. The second-order valence-electron chi connectivity index (χ2n) is 4.93. The lowest BCUT2D eigenvalue weighted by Crippen LogP contribution is -2.59. The molecule has 4 nitrogen and oxygen atoms in total. The molecule has 0 bridgehead atoms. The number of nitrogens with zero attached hydrogens (tertiary/aromatic N) is 1. The lowest BCUT2D eigenvalue weighted by Gasteiger charge is -2.44. The first-order valence-electron chi connectivity index (χ1n) is 6.15. The molecule has 0 saturated carbocycles. The van der Waals surface area contributed by atoms with Crippen LogP contribution < -0.4 is 5.32 Å². The number of halogens is 3. The van der Waals surface area contributed by atoms with E-state index in [-0.39, 0.29) is 18.7 Å². The molecule has 20 heavy (non-hydrogen) atoms. The molecule has 1 fully saturated rings. The van der Waals surface area contributed by atoms with Crippen molar-refractivity contribution in [2.24, 2.45) is 0 Å². The van der Waals surface area contributed by atoms with Gasteiger partial charge in [-0.2, -0.15) is 13.2 Å². The number of benzene rings is 1. The van der Waals surface area contributed by atoms with Gasteiger partial charge in [0, 0.05) is 19.6 Å². The standard InChI is InChI=1S/C13H15F3N2O2/c1-12(8-17-6-7-18(12)11(19)20)9-4-2-3-5-10(9)13(14,15)16/h2-5,17H,6-8H2,1H3,(H,19,20). The van der Waals surface area contributed by atoms with E-state index >= 15 is 0 Å². The van der Waals surface area contributed by atoms with Gasteiger partial charge in [0.1, 0.15) is 0 Å². The van der Waals surface area contributed by atoms with Crippen molar-refractivity contribution in [1.29, 1.82) is 0 Å². The van der Waals surface area contributed by atoms with Gasteiger partial charge in [-0.15, -0.1) is 0 Å². The van der Waals surface area contributed by atoms with Crippen molar-refractivity contribution in [2.75, 3.05) is 19.6 Å². The van der Waals surface area contributed by atoms with Gasteiger partial charge < -0.3 is 10.4 Å². The monoisotopic (exact) mass is 288 g/mol. The van der Waals surface area contributed by atoms with Crippen LogP contribution in [0.4, 0.5) is 18.0 Å². The molecule has 1 unspecified atom stereocenters. The topological polar surface area (TPSA) is 52.6 Å². The van der Waals surface area contributed by atoms with E-state index < -0.39 is 23.4 Å². The van der Waals surface area contributed by atoms with Crippen LogP contribution in [0.1, 0.15) is 18.1 Å². The second-order valence-corrected chi connectivity index (χ2v) is 4.93. The van der Waals surface area contributed by atoms with E-state index in [2.05, 4.69) is 5.32 Å². The summed E-state index contributed by atoms with van der Waals surface area (Å²) in [6.45, 7) is 2.23. The Morgan fingerprint density at radius 3 is 2.65 bits per heavy atom. The zero-order chi connectivity index (χ0) is 15.0. The molecule has 0 radical (unpaired) electrons. The van der Waals surface area contributed by atoms with Gasteiger partial charge in [-0.25, -0.2) is 4.79 Å². The highest BCUT2D eigenvalue weighted by molar-refractivity contribution is 5.67. The fraction of sp³-hybridized carbons (Fsp3) is 0.462. The summed E-state index contributed by atoms with van der Waals surface area (Å²) in [5, 5.41) is 12.2. The van der Waals surface area contributed by atoms with Crippen molar-refractivity contribution in [2.45, 2.75) is 18.6 Å². The summed E-state index contributed by atoms with van der Waals surface area (Å²) in [5.74, 6) is 0. The summed E-state index contributed by atoms with van der Waals surface area (Å²) >= 11 is 0. The van der Waals surface area contributed by atoms with Crippen molar-refractivity contribution >= 4 is 6.09 Å². The lowest BCUT2D eigenvalue weighted by molar-refractivity contribution is -0.139. The van der Waals surface area contributed by atoms with Gasteiger partial charge in [0.15, 0.2) is 0 Å². The van der Waals surface area contributed by atoms with Crippen molar-refractivity contribution in [3.8, 4) is 0 Å². The Morgan fingerprint density at radius 1 is 1.40 bits per heavy atom. The molecule has 1 aliphatic heterocycles. The molecule has 0 aromatic heterocycles. The maximum absolute atomic E-state index is 13.1. The van der Waals surface area contributed by atoms with Gasteiger partial charge in [0.05, 0.1) is 11.1 Å². The number of hydrogen-bond donors (Lipinski definition) is 2. The van der Waals surface area contributed by atoms with Gasteiger partial charge >= 0.3 is 12.3 Å². The predicted octanol–water partition coefficient (Wildman–Crippen LogP) is 2.50. The highest BCUT2D eigenvalue weighted by Gasteiger charge is 2.45. The average Bonchev–Trinajstić information content (AvgIpc) is 2.38. The fourth-order valence-electron chi connectivity index (χ4n) is 2.61. The van der Waals surface area contributed by atoms with E-state index in [0.717, 1.165) is 11.0 Å². The minimum atomic E-state index is -4.51. The lowest BCUT2D eigenvalue weighted by atomic mass is 9.85. The summed E-state index contributed by atoms with van der Waals surface area (Å²) in [5.41, 5.74) is -2.06. The molecule has 1 amide bonds. The van der Waals surface area contributed by atoms with E-state index in [0.29, 0.717) is 6.54 Å². The van der Waals surface area contributed by atoms with E-state index in [1.807, 2.05) is 0 Å². The summed E-state index contributed by atoms with van der Waals surface area (Å²) in [4.78, 5) is 12.4. The number of rotatable bonds is 1. The third-order valence-electron chi connectivity index (χ3n) is 3.62. The Kier molecular flexibility index (Phi) is 3.64. The molecule has 1 aromatic carbocycles.